The second kappa shape index (κ2) is 3.99. The van der Waals surface area contributed by atoms with Gasteiger partial charge in [-0.3, -0.25) is 19.2 Å². The average molecular weight is 207 g/mol. The first-order valence-corrected chi connectivity index (χ1v) is 3.99. The van der Waals surface area contributed by atoms with Crippen molar-refractivity contribution in [2.45, 2.75) is 5.54 Å². The summed E-state index contributed by atoms with van der Waals surface area (Å²) in [5, 5.41) is 0. The molecule has 76 valence electrons. The molecule has 0 aromatic rings. The van der Waals surface area contributed by atoms with Crippen molar-refractivity contribution in [3.63, 3.8) is 0 Å². The highest BCUT2D eigenvalue weighted by Crippen LogP contribution is 2.26. The zero-order valence-electron chi connectivity index (χ0n) is 7.53. The molecule has 15 heavy (non-hydrogen) atoms. The minimum atomic E-state index is -1.95. The standard InChI is InChI=1S/C8H6BNO5/c11-2-7-1-9(5-14)10(6-15)8(7,3-12)4-13/h1-6H. The quantitative estimate of drug-likeness (QED) is 0.296. The Balaban J connectivity index is 3.33. The van der Waals surface area contributed by atoms with Crippen LogP contribution in [0.15, 0.2) is 11.5 Å². The number of aldehydes is 3. The van der Waals surface area contributed by atoms with Crippen LogP contribution in [0, 0.1) is 0 Å². The topological polar surface area (TPSA) is 88.6 Å². The predicted molar refractivity (Wildman–Crippen MR) is 49.4 cm³/mol. The van der Waals surface area contributed by atoms with Crippen LogP contribution in [0.4, 0.5) is 0 Å². The number of nitrogens with zero attached hydrogens (tertiary/aromatic N) is 1. The summed E-state index contributed by atoms with van der Waals surface area (Å²) < 4.78 is 0. The molecule has 1 aliphatic heterocycles. The van der Waals surface area contributed by atoms with Gasteiger partial charge in [0.1, 0.15) is 12.5 Å². The van der Waals surface area contributed by atoms with E-state index in [9.17, 15) is 24.0 Å². The monoisotopic (exact) mass is 207 g/mol. The zero-order valence-corrected chi connectivity index (χ0v) is 7.53. The van der Waals surface area contributed by atoms with Crippen molar-refractivity contribution in [1.29, 1.82) is 0 Å². The SMILES string of the molecule is O=CB1C=C(C=O)C(C=O)(C=O)N1C=O. The van der Waals surface area contributed by atoms with Gasteiger partial charge < -0.3 is 9.61 Å². The van der Waals surface area contributed by atoms with Gasteiger partial charge in [0, 0.05) is 5.57 Å². The fraction of sp³-hybridized carbons (Fsp3) is 0.125. The minimum Gasteiger partial charge on any atom is -0.357 e. The van der Waals surface area contributed by atoms with E-state index in [1.165, 1.54) is 0 Å². The maximum atomic E-state index is 10.8. The number of hydrogen-bond acceptors (Lipinski definition) is 5. The normalized spacial score (nSPS) is 18.0. The maximum Gasteiger partial charge on any atom is 0.358 e. The Morgan fingerprint density at radius 1 is 1.13 bits per heavy atom. The van der Waals surface area contributed by atoms with Gasteiger partial charge in [-0.2, -0.15) is 0 Å². The Bertz CT molecular complexity index is 356. The summed E-state index contributed by atoms with van der Waals surface area (Å²) in [6, 6.07) is 0. The lowest BCUT2D eigenvalue weighted by atomic mass is 9.64. The van der Waals surface area contributed by atoms with Gasteiger partial charge in [-0.05, 0) is 0 Å². The summed E-state index contributed by atoms with van der Waals surface area (Å²) in [6.45, 7) is -1.06. The van der Waals surface area contributed by atoms with Crippen LogP contribution < -0.4 is 0 Å². The molecule has 0 aromatic heterocycles. The zero-order chi connectivity index (χ0) is 11.5. The van der Waals surface area contributed by atoms with Crippen molar-refractivity contribution in [2.75, 3.05) is 0 Å². The van der Waals surface area contributed by atoms with Crippen molar-refractivity contribution >= 4 is 38.3 Å². The third kappa shape index (κ3) is 1.32. The summed E-state index contributed by atoms with van der Waals surface area (Å²) in [4.78, 5) is 54.2. The Morgan fingerprint density at radius 3 is 2.07 bits per heavy atom. The molecule has 0 saturated heterocycles. The van der Waals surface area contributed by atoms with Crippen LogP contribution in [-0.2, 0) is 24.0 Å². The molecule has 7 heteroatoms. The van der Waals surface area contributed by atoms with Gasteiger partial charge in [-0.25, -0.2) is 0 Å². The van der Waals surface area contributed by atoms with Crippen molar-refractivity contribution in [3.05, 3.63) is 11.5 Å². The van der Waals surface area contributed by atoms with Crippen molar-refractivity contribution in [1.82, 2.24) is 4.81 Å². The molecule has 1 heterocycles. The third-order valence-corrected chi connectivity index (χ3v) is 2.30. The molecule has 1 amide bonds. The average Bonchev–Trinajstić information content (AvgIpc) is 2.61. The number of carbonyl (C=O) groups excluding carboxylic acids is 5. The summed E-state index contributed by atoms with van der Waals surface area (Å²) in [5.74, 6) is 1.11. The lowest BCUT2D eigenvalue weighted by molar-refractivity contribution is -0.131. The number of carbonyl (C=O) groups is 5. The molecule has 0 radical (unpaired) electrons. The van der Waals surface area contributed by atoms with Gasteiger partial charge in [0.05, 0.1) is 0 Å². The Labute approximate surface area is 85.0 Å². The fourth-order valence-corrected chi connectivity index (χ4v) is 1.48. The second-order valence-corrected chi connectivity index (χ2v) is 2.94. The van der Waals surface area contributed by atoms with Crippen LogP contribution >= 0.6 is 0 Å². The van der Waals surface area contributed by atoms with E-state index in [1.54, 1.807) is 0 Å². The number of hydrogen-bond donors (Lipinski definition) is 0. The van der Waals surface area contributed by atoms with E-state index in [1.807, 2.05) is 0 Å². The van der Waals surface area contributed by atoms with Crippen molar-refractivity contribution in [2.24, 2.45) is 0 Å². The summed E-state index contributed by atoms with van der Waals surface area (Å²) in [5.41, 5.74) is -2.15. The minimum absolute atomic E-state index is 0.165. The van der Waals surface area contributed by atoms with Crippen LogP contribution in [0.5, 0.6) is 0 Å². The van der Waals surface area contributed by atoms with Gasteiger partial charge in [0.2, 0.25) is 0 Å². The lowest BCUT2D eigenvalue weighted by Crippen LogP contribution is -2.54. The fourth-order valence-electron chi connectivity index (χ4n) is 1.48. The lowest BCUT2D eigenvalue weighted by Gasteiger charge is -2.28. The first-order chi connectivity index (χ1) is 7.19. The van der Waals surface area contributed by atoms with Crippen molar-refractivity contribution < 1.29 is 24.0 Å². The molecule has 0 saturated carbocycles. The van der Waals surface area contributed by atoms with Gasteiger partial charge >= 0.3 is 6.85 Å². The molecule has 0 bridgehead atoms. The molecule has 6 nitrogen and oxygen atoms in total. The van der Waals surface area contributed by atoms with E-state index in [0.29, 0.717) is 11.0 Å². The molecule has 0 aliphatic carbocycles. The summed E-state index contributed by atoms with van der Waals surface area (Å²) >= 11 is 0. The molecule has 0 spiro atoms. The predicted octanol–water partition coefficient (Wildman–Crippen LogP) is -1.98. The molecule has 0 unspecified atom stereocenters. The highest BCUT2D eigenvalue weighted by molar-refractivity contribution is 6.89. The highest BCUT2D eigenvalue weighted by Gasteiger charge is 2.49. The van der Waals surface area contributed by atoms with Gasteiger partial charge in [0.25, 0.3) is 0 Å². The molecular formula is C8H6BNO5. The van der Waals surface area contributed by atoms with Crippen LogP contribution in [-0.4, -0.2) is 48.7 Å². The second-order valence-electron chi connectivity index (χ2n) is 2.94. The van der Waals surface area contributed by atoms with E-state index in [0.717, 1.165) is 5.98 Å². The Kier molecular flexibility index (Phi) is 2.94. The van der Waals surface area contributed by atoms with E-state index in [-0.39, 0.29) is 30.8 Å². The molecule has 1 aliphatic rings. The summed E-state index contributed by atoms with van der Waals surface area (Å²) in [6.07, 6.45) is 1.17. The molecule has 0 aromatic carbocycles. The Morgan fingerprint density at radius 2 is 1.73 bits per heavy atom. The maximum absolute atomic E-state index is 10.8. The first kappa shape index (κ1) is 11.0. The molecular weight excluding hydrogens is 201 g/mol. The van der Waals surface area contributed by atoms with Crippen molar-refractivity contribution in [3.8, 4) is 0 Å². The van der Waals surface area contributed by atoms with E-state index >= 15 is 0 Å². The van der Waals surface area contributed by atoms with Crippen LogP contribution in [0.2, 0.25) is 0 Å². The Hall–Kier alpha value is -2.05. The molecule has 1 rings (SSSR count). The van der Waals surface area contributed by atoms with Crippen LogP contribution in [0.3, 0.4) is 0 Å². The third-order valence-electron chi connectivity index (χ3n) is 2.30. The van der Waals surface area contributed by atoms with Gasteiger partial charge in [0.15, 0.2) is 24.5 Å². The number of amides is 1. The molecule has 0 N–H and O–H groups in total. The summed E-state index contributed by atoms with van der Waals surface area (Å²) in [7, 11) is 0. The van der Waals surface area contributed by atoms with Crippen LogP contribution in [0.1, 0.15) is 0 Å². The molecule has 0 fully saturated rings. The molecule has 0 atom stereocenters. The van der Waals surface area contributed by atoms with E-state index < -0.39 is 12.4 Å². The van der Waals surface area contributed by atoms with Gasteiger partial charge in [-0.15, -0.1) is 0 Å². The first-order valence-electron chi connectivity index (χ1n) is 3.99. The van der Waals surface area contributed by atoms with E-state index in [4.69, 9.17) is 0 Å². The van der Waals surface area contributed by atoms with Crippen LogP contribution in [0.25, 0.3) is 0 Å². The van der Waals surface area contributed by atoms with E-state index in [2.05, 4.69) is 0 Å². The highest BCUT2D eigenvalue weighted by atomic mass is 16.2. The number of rotatable bonds is 5. The van der Waals surface area contributed by atoms with Gasteiger partial charge in [-0.1, -0.05) is 5.98 Å². The largest absolute Gasteiger partial charge is 0.358 e. The smallest absolute Gasteiger partial charge is 0.357 e.